The van der Waals surface area contributed by atoms with Crippen molar-refractivity contribution >= 4 is 23.5 Å². The Morgan fingerprint density at radius 2 is 1.88 bits per heavy atom. The molecule has 0 unspecified atom stereocenters. The number of hydrogen-bond acceptors (Lipinski definition) is 3. The van der Waals surface area contributed by atoms with Gasteiger partial charge in [-0.15, -0.1) is 0 Å². The average molecular weight is 350 g/mol. The number of carbonyl (C=O) groups excluding carboxylic acids is 2. The van der Waals surface area contributed by atoms with E-state index in [9.17, 15) is 14.0 Å². The van der Waals surface area contributed by atoms with Gasteiger partial charge in [-0.25, -0.2) is 9.18 Å². The van der Waals surface area contributed by atoms with E-state index >= 15 is 0 Å². The molecule has 0 saturated carbocycles. The second-order valence-corrected chi connectivity index (χ2v) is 5.72. The van der Waals surface area contributed by atoms with Crippen LogP contribution in [0.1, 0.15) is 11.1 Å². The van der Waals surface area contributed by atoms with Crippen molar-refractivity contribution in [1.82, 2.24) is 5.32 Å². The molecule has 126 valence electrons. The maximum atomic E-state index is 13.2. The van der Waals surface area contributed by atoms with Gasteiger partial charge in [0.05, 0.1) is 13.5 Å². The quantitative estimate of drug-likeness (QED) is 0.816. The molecule has 0 bridgehead atoms. The number of benzene rings is 2. The minimum absolute atomic E-state index is 0.0270. The van der Waals surface area contributed by atoms with E-state index in [1.165, 1.54) is 25.3 Å². The minimum atomic E-state index is -0.838. The number of halogens is 2. The molecule has 2 aromatic rings. The van der Waals surface area contributed by atoms with Crippen molar-refractivity contribution in [2.24, 2.45) is 0 Å². The Hall–Kier alpha value is -2.40. The lowest BCUT2D eigenvalue weighted by Gasteiger charge is -2.17. The molecule has 0 aliphatic heterocycles. The Kier molecular flexibility index (Phi) is 6.32. The number of ether oxygens (including phenoxy) is 1. The first kappa shape index (κ1) is 17.9. The molecular weight excluding hydrogens is 333 g/mol. The molecule has 1 N–H and O–H groups in total. The van der Waals surface area contributed by atoms with Crippen LogP contribution in [0.4, 0.5) is 4.39 Å². The summed E-state index contributed by atoms with van der Waals surface area (Å²) in [5.41, 5.74) is 1.32. The number of hydrogen-bond donors (Lipinski definition) is 1. The maximum Gasteiger partial charge on any atom is 0.328 e. The smallest absolute Gasteiger partial charge is 0.328 e. The van der Waals surface area contributed by atoms with Crippen LogP contribution in [-0.4, -0.2) is 25.0 Å². The molecule has 0 spiro atoms. The Balaban J connectivity index is 2.05. The van der Waals surface area contributed by atoms with Gasteiger partial charge in [-0.1, -0.05) is 35.9 Å². The van der Waals surface area contributed by atoms with E-state index in [1.54, 1.807) is 30.3 Å². The van der Waals surface area contributed by atoms with E-state index in [4.69, 9.17) is 16.3 Å². The van der Waals surface area contributed by atoms with Crippen LogP contribution in [0, 0.1) is 5.82 Å². The third kappa shape index (κ3) is 5.35. The molecule has 0 aromatic heterocycles. The topological polar surface area (TPSA) is 55.4 Å². The highest BCUT2D eigenvalue weighted by Gasteiger charge is 2.22. The molecule has 0 fully saturated rings. The van der Waals surface area contributed by atoms with E-state index in [0.717, 1.165) is 5.56 Å². The van der Waals surface area contributed by atoms with E-state index in [0.29, 0.717) is 10.6 Å². The molecule has 6 heteroatoms. The van der Waals surface area contributed by atoms with Gasteiger partial charge in [-0.05, 0) is 35.4 Å². The van der Waals surface area contributed by atoms with Gasteiger partial charge in [0.1, 0.15) is 11.9 Å². The summed E-state index contributed by atoms with van der Waals surface area (Å²) < 4.78 is 17.9. The Bertz CT molecular complexity index is 736. The third-order valence-corrected chi connectivity index (χ3v) is 3.64. The van der Waals surface area contributed by atoms with Crippen molar-refractivity contribution in [1.29, 1.82) is 0 Å². The fourth-order valence-electron chi connectivity index (χ4n) is 2.31. The molecule has 0 aliphatic carbocycles. The first-order valence-electron chi connectivity index (χ1n) is 7.34. The van der Waals surface area contributed by atoms with Crippen LogP contribution in [-0.2, 0) is 27.2 Å². The minimum Gasteiger partial charge on any atom is -0.467 e. The van der Waals surface area contributed by atoms with E-state index in [-0.39, 0.29) is 12.8 Å². The van der Waals surface area contributed by atoms with Gasteiger partial charge in [0, 0.05) is 11.4 Å². The van der Waals surface area contributed by atoms with Crippen LogP contribution in [0.25, 0.3) is 0 Å². The maximum absolute atomic E-state index is 13.2. The number of carbonyl (C=O) groups is 2. The second kappa shape index (κ2) is 8.45. The van der Waals surface area contributed by atoms with Gasteiger partial charge in [0.2, 0.25) is 5.91 Å². The highest BCUT2D eigenvalue weighted by atomic mass is 35.5. The molecule has 0 radical (unpaired) electrons. The van der Waals surface area contributed by atoms with Crippen LogP contribution in [0.2, 0.25) is 5.02 Å². The molecular formula is C18H17ClFNO3. The Morgan fingerprint density at radius 3 is 2.54 bits per heavy atom. The number of nitrogens with one attached hydrogen (secondary N) is 1. The Morgan fingerprint density at radius 1 is 1.17 bits per heavy atom. The third-order valence-electron chi connectivity index (χ3n) is 3.40. The van der Waals surface area contributed by atoms with Gasteiger partial charge in [-0.3, -0.25) is 4.79 Å². The summed E-state index contributed by atoms with van der Waals surface area (Å²) >= 11 is 5.93. The van der Waals surface area contributed by atoms with Crippen molar-refractivity contribution in [2.75, 3.05) is 7.11 Å². The SMILES string of the molecule is COC(=O)[C@H](Cc1cccc(Cl)c1)NC(=O)Cc1cccc(F)c1. The summed E-state index contributed by atoms with van der Waals surface area (Å²) in [5.74, 6) is -1.36. The average Bonchev–Trinajstić information content (AvgIpc) is 2.53. The van der Waals surface area contributed by atoms with E-state index in [1.807, 2.05) is 0 Å². The zero-order valence-electron chi connectivity index (χ0n) is 13.1. The fraction of sp³-hybridized carbons (Fsp3) is 0.222. The molecule has 0 aliphatic rings. The van der Waals surface area contributed by atoms with E-state index < -0.39 is 23.7 Å². The number of esters is 1. The van der Waals surface area contributed by atoms with Gasteiger partial charge < -0.3 is 10.1 Å². The zero-order valence-corrected chi connectivity index (χ0v) is 13.8. The Labute approximate surface area is 144 Å². The largest absolute Gasteiger partial charge is 0.467 e. The highest BCUT2D eigenvalue weighted by molar-refractivity contribution is 6.30. The summed E-state index contributed by atoms with van der Waals surface area (Å²) in [7, 11) is 1.26. The molecule has 2 rings (SSSR count). The zero-order chi connectivity index (χ0) is 17.5. The number of rotatable bonds is 6. The number of methoxy groups -OCH3 is 1. The van der Waals surface area contributed by atoms with Gasteiger partial charge in [-0.2, -0.15) is 0 Å². The van der Waals surface area contributed by atoms with E-state index in [2.05, 4.69) is 5.32 Å². The summed E-state index contributed by atoms with van der Waals surface area (Å²) in [6, 6.07) is 11.9. The van der Waals surface area contributed by atoms with Gasteiger partial charge in [0.15, 0.2) is 0 Å². The van der Waals surface area contributed by atoms with Crippen LogP contribution >= 0.6 is 11.6 Å². The van der Waals surface area contributed by atoms with Crippen molar-refractivity contribution in [2.45, 2.75) is 18.9 Å². The summed E-state index contributed by atoms with van der Waals surface area (Å²) in [5, 5.41) is 3.17. The highest BCUT2D eigenvalue weighted by Crippen LogP contribution is 2.13. The first-order chi connectivity index (χ1) is 11.5. The predicted octanol–water partition coefficient (Wildman–Crippen LogP) is 2.92. The predicted molar refractivity (Wildman–Crippen MR) is 89.2 cm³/mol. The van der Waals surface area contributed by atoms with Gasteiger partial charge in [0.25, 0.3) is 0 Å². The van der Waals surface area contributed by atoms with Crippen LogP contribution in [0.3, 0.4) is 0 Å². The lowest BCUT2D eigenvalue weighted by Crippen LogP contribution is -2.43. The summed E-state index contributed by atoms with van der Waals surface area (Å²) in [4.78, 5) is 24.1. The normalized spacial score (nSPS) is 11.6. The molecule has 4 nitrogen and oxygen atoms in total. The molecule has 1 amide bonds. The first-order valence-corrected chi connectivity index (χ1v) is 7.72. The summed E-state index contributed by atoms with van der Waals surface area (Å²) in [6.07, 6.45) is 0.225. The lowest BCUT2D eigenvalue weighted by molar-refractivity contribution is -0.145. The van der Waals surface area contributed by atoms with Crippen LogP contribution in [0.5, 0.6) is 0 Å². The van der Waals surface area contributed by atoms with Crippen molar-refractivity contribution in [3.63, 3.8) is 0 Å². The van der Waals surface area contributed by atoms with Crippen molar-refractivity contribution in [3.05, 3.63) is 70.5 Å². The van der Waals surface area contributed by atoms with Crippen LogP contribution in [0.15, 0.2) is 48.5 Å². The lowest BCUT2D eigenvalue weighted by atomic mass is 10.1. The molecule has 1 atom stereocenters. The fourth-order valence-corrected chi connectivity index (χ4v) is 2.53. The van der Waals surface area contributed by atoms with Crippen molar-refractivity contribution in [3.8, 4) is 0 Å². The molecule has 2 aromatic carbocycles. The molecule has 0 heterocycles. The van der Waals surface area contributed by atoms with Crippen molar-refractivity contribution < 1.29 is 18.7 Å². The number of amides is 1. The second-order valence-electron chi connectivity index (χ2n) is 5.28. The monoisotopic (exact) mass is 349 g/mol. The molecule has 24 heavy (non-hydrogen) atoms. The summed E-state index contributed by atoms with van der Waals surface area (Å²) in [6.45, 7) is 0. The standard InChI is InChI=1S/C18H17ClFNO3/c1-24-18(23)16(10-12-4-2-6-14(19)8-12)21-17(22)11-13-5-3-7-15(20)9-13/h2-9,16H,10-11H2,1H3,(H,21,22)/t16-/m0/s1. The molecule has 0 saturated heterocycles. The van der Waals surface area contributed by atoms with Gasteiger partial charge >= 0.3 is 5.97 Å². The van der Waals surface area contributed by atoms with Crippen LogP contribution < -0.4 is 5.32 Å².